The predicted molar refractivity (Wildman–Crippen MR) is 54.5 cm³/mol. The molecule has 1 rings (SSSR count). The molecule has 12 heavy (non-hydrogen) atoms. The second-order valence-electron chi connectivity index (χ2n) is 1.87. The summed E-state index contributed by atoms with van der Waals surface area (Å²) in [6.07, 6.45) is 0. The van der Waals surface area contributed by atoms with Gasteiger partial charge in [0.2, 0.25) is 5.91 Å². The number of nitrogens with two attached hydrogens (primary N) is 1. The molecule has 0 heterocycles. The van der Waals surface area contributed by atoms with Crippen LogP contribution in [-0.2, 0) is 0 Å². The number of amides is 1. The molecule has 0 fully saturated rings. The summed E-state index contributed by atoms with van der Waals surface area (Å²) in [6.45, 7) is 0. The molecule has 0 spiro atoms. The number of benzene rings is 1. The van der Waals surface area contributed by atoms with E-state index in [1.165, 1.54) is 0 Å². The van der Waals surface area contributed by atoms with E-state index in [1.54, 1.807) is 24.3 Å². The number of rotatable bonds is 1. The first-order valence-corrected chi connectivity index (χ1v) is 3.13. The van der Waals surface area contributed by atoms with E-state index in [1.807, 2.05) is 0 Å². The van der Waals surface area contributed by atoms with E-state index in [2.05, 4.69) is 0 Å². The van der Waals surface area contributed by atoms with Crippen LogP contribution in [0.2, 0.25) is 5.02 Å². The Kier molecular flexibility index (Phi) is 7.19. The van der Waals surface area contributed by atoms with Crippen molar-refractivity contribution >= 4 is 42.3 Å². The minimum Gasteiger partial charge on any atom is -0.366 e. The van der Waals surface area contributed by atoms with E-state index in [9.17, 15) is 4.79 Å². The van der Waals surface area contributed by atoms with Crippen LogP contribution in [0, 0.1) is 0 Å². The molecular weight excluding hydrogens is 220 g/mol. The Balaban J connectivity index is 0. The van der Waals surface area contributed by atoms with Crippen molar-refractivity contribution in [1.82, 2.24) is 0 Å². The van der Waals surface area contributed by atoms with Crippen molar-refractivity contribution in [2.75, 3.05) is 0 Å². The van der Waals surface area contributed by atoms with E-state index in [0.717, 1.165) is 0 Å². The monoisotopic (exact) mass is 227 g/mol. The summed E-state index contributed by atoms with van der Waals surface area (Å²) in [4.78, 5) is 10.5. The molecule has 0 saturated carbocycles. The average molecular weight is 229 g/mol. The van der Waals surface area contributed by atoms with Crippen LogP contribution in [0.25, 0.3) is 0 Å². The highest BCUT2D eigenvalue weighted by molar-refractivity contribution is 6.30. The standard InChI is InChI=1S/C7H6ClNO.2ClH/c8-6-3-1-5(2-4-6)7(9)10;;/h1-4H,(H2,9,10);2*1H. The molecule has 0 aromatic heterocycles. The van der Waals surface area contributed by atoms with E-state index >= 15 is 0 Å². The number of hydrogen-bond donors (Lipinski definition) is 1. The Labute approximate surface area is 87.9 Å². The highest BCUT2D eigenvalue weighted by atomic mass is 35.5. The molecule has 0 aliphatic carbocycles. The van der Waals surface area contributed by atoms with Gasteiger partial charge in [-0.2, -0.15) is 0 Å². The quantitative estimate of drug-likeness (QED) is 0.787. The SMILES string of the molecule is Cl.Cl.NC(=O)c1ccc(Cl)cc1. The van der Waals surface area contributed by atoms with Crippen LogP contribution < -0.4 is 5.73 Å². The largest absolute Gasteiger partial charge is 0.366 e. The molecule has 0 saturated heterocycles. The lowest BCUT2D eigenvalue weighted by Gasteiger charge is -1.92. The van der Waals surface area contributed by atoms with Crippen molar-refractivity contribution in [1.29, 1.82) is 0 Å². The second kappa shape index (κ2) is 6.12. The van der Waals surface area contributed by atoms with Crippen LogP contribution in [0.1, 0.15) is 10.4 Å². The van der Waals surface area contributed by atoms with Gasteiger partial charge in [-0.1, -0.05) is 11.6 Å². The van der Waals surface area contributed by atoms with Gasteiger partial charge in [-0.3, -0.25) is 4.79 Å². The van der Waals surface area contributed by atoms with Crippen molar-refractivity contribution in [2.45, 2.75) is 0 Å². The van der Waals surface area contributed by atoms with Crippen LogP contribution in [-0.4, -0.2) is 5.91 Å². The molecule has 0 unspecified atom stereocenters. The minimum atomic E-state index is -0.434. The van der Waals surface area contributed by atoms with Gasteiger partial charge in [-0.25, -0.2) is 0 Å². The van der Waals surface area contributed by atoms with Crippen molar-refractivity contribution in [2.24, 2.45) is 5.73 Å². The van der Waals surface area contributed by atoms with E-state index < -0.39 is 5.91 Å². The van der Waals surface area contributed by atoms with Gasteiger partial charge in [0.05, 0.1) is 0 Å². The van der Waals surface area contributed by atoms with Gasteiger partial charge in [0.15, 0.2) is 0 Å². The third-order valence-electron chi connectivity index (χ3n) is 1.13. The molecule has 2 N–H and O–H groups in total. The van der Waals surface area contributed by atoms with Gasteiger partial charge in [0.25, 0.3) is 0 Å². The fourth-order valence-electron chi connectivity index (χ4n) is 0.614. The molecule has 1 amide bonds. The normalized spacial score (nSPS) is 7.75. The van der Waals surface area contributed by atoms with Gasteiger partial charge in [0, 0.05) is 10.6 Å². The lowest BCUT2D eigenvalue weighted by molar-refractivity contribution is 0.100. The highest BCUT2D eigenvalue weighted by Gasteiger charge is 1.96. The highest BCUT2D eigenvalue weighted by Crippen LogP contribution is 2.08. The number of hydrogen-bond acceptors (Lipinski definition) is 1. The molecule has 68 valence electrons. The Morgan fingerprint density at radius 1 is 1.17 bits per heavy atom. The minimum absolute atomic E-state index is 0. The fraction of sp³-hybridized carbons (Fsp3) is 0. The molecule has 1 aromatic carbocycles. The van der Waals surface area contributed by atoms with Crippen LogP contribution in [0.5, 0.6) is 0 Å². The summed E-state index contributed by atoms with van der Waals surface area (Å²) in [5.74, 6) is -0.434. The zero-order valence-electron chi connectivity index (χ0n) is 5.99. The van der Waals surface area contributed by atoms with Crippen LogP contribution in [0.15, 0.2) is 24.3 Å². The van der Waals surface area contributed by atoms with Crippen molar-refractivity contribution < 1.29 is 4.79 Å². The molecule has 0 aliphatic heterocycles. The number of halogens is 3. The van der Waals surface area contributed by atoms with Gasteiger partial charge in [-0.15, -0.1) is 24.8 Å². The molecule has 0 aliphatic rings. The van der Waals surface area contributed by atoms with Crippen molar-refractivity contribution in [3.63, 3.8) is 0 Å². The molecule has 1 aromatic rings. The van der Waals surface area contributed by atoms with Gasteiger partial charge >= 0.3 is 0 Å². The maximum atomic E-state index is 10.5. The maximum Gasteiger partial charge on any atom is 0.248 e. The Morgan fingerprint density at radius 2 is 1.58 bits per heavy atom. The Bertz CT molecular complexity index is 247. The first-order valence-electron chi connectivity index (χ1n) is 2.75. The molecule has 0 atom stereocenters. The topological polar surface area (TPSA) is 43.1 Å². The molecule has 2 nitrogen and oxygen atoms in total. The zero-order valence-corrected chi connectivity index (χ0v) is 8.38. The summed E-state index contributed by atoms with van der Waals surface area (Å²) in [7, 11) is 0. The number of primary amides is 1. The average Bonchev–Trinajstić information content (AvgIpc) is 1.88. The predicted octanol–water partition coefficient (Wildman–Crippen LogP) is 2.28. The number of carbonyl (C=O) groups excluding carboxylic acids is 1. The third kappa shape index (κ3) is 3.81. The summed E-state index contributed by atoms with van der Waals surface area (Å²) < 4.78 is 0. The summed E-state index contributed by atoms with van der Waals surface area (Å²) in [6, 6.07) is 6.43. The Hall–Kier alpha value is -0.440. The smallest absolute Gasteiger partial charge is 0.248 e. The molecule has 0 bridgehead atoms. The summed E-state index contributed by atoms with van der Waals surface area (Å²) in [5, 5.41) is 0.602. The molecule has 5 heteroatoms. The van der Waals surface area contributed by atoms with Crippen molar-refractivity contribution in [3.05, 3.63) is 34.9 Å². The van der Waals surface area contributed by atoms with E-state index in [4.69, 9.17) is 17.3 Å². The van der Waals surface area contributed by atoms with E-state index in [-0.39, 0.29) is 24.8 Å². The van der Waals surface area contributed by atoms with E-state index in [0.29, 0.717) is 10.6 Å². The zero-order chi connectivity index (χ0) is 7.56. The van der Waals surface area contributed by atoms with Crippen LogP contribution in [0.3, 0.4) is 0 Å². The number of carbonyl (C=O) groups is 1. The maximum absolute atomic E-state index is 10.5. The Morgan fingerprint density at radius 3 is 1.92 bits per heavy atom. The third-order valence-corrected chi connectivity index (χ3v) is 1.38. The first kappa shape index (κ1) is 14.1. The van der Waals surface area contributed by atoms with Crippen LogP contribution >= 0.6 is 36.4 Å². The van der Waals surface area contributed by atoms with Gasteiger partial charge in [0.1, 0.15) is 0 Å². The van der Waals surface area contributed by atoms with Crippen LogP contribution in [0.4, 0.5) is 0 Å². The van der Waals surface area contributed by atoms with Crippen molar-refractivity contribution in [3.8, 4) is 0 Å². The lowest BCUT2D eigenvalue weighted by atomic mass is 10.2. The summed E-state index contributed by atoms with van der Waals surface area (Å²) >= 11 is 5.56. The lowest BCUT2D eigenvalue weighted by Crippen LogP contribution is -2.10. The molecule has 0 radical (unpaired) electrons. The summed E-state index contributed by atoms with van der Waals surface area (Å²) in [5.41, 5.74) is 5.46. The fourth-order valence-corrected chi connectivity index (χ4v) is 0.740. The van der Waals surface area contributed by atoms with Gasteiger partial charge in [-0.05, 0) is 24.3 Å². The first-order chi connectivity index (χ1) is 4.70. The second-order valence-corrected chi connectivity index (χ2v) is 2.31. The van der Waals surface area contributed by atoms with Gasteiger partial charge < -0.3 is 5.73 Å². The molecular formula is C7H8Cl3NO.